The lowest BCUT2D eigenvalue weighted by atomic mass is 10.1. The molecule has 108 valence electrons. The third kappa shape index (κ3) is 5.11. The van der Waals surface area contributed by atoms with Crippen LogP contribution < -0.4 is 9.47 Å². The molecule has 0 aliphatic rings. The maximum absolute atomic E-state index is 9.34. The Labute approximate surface area is 116 Å². The number of rotatable bonds is 9. The van der Waals surface area contributed by atoms with Crippen molar-refractivity contribution >= 4 is 0 Å². The van der Waals surface area contributed by atoms with Crippen molar-refractivity contribution in [1.82, 2.24) is 0 Å². The quantitative estimate of drug-likeness (QED) is 0.739. The van der Waals surface area contributed by atoms with Gasteiger partial charge in [-0.3, -0.25) is 0 Å². The summed E-state index contributed by atoms with van der Waals surface area (Å²) in [5, 5.41) is 9.34. The number of aliphatic hydroxyl groups is 1. The number of hydrogen-bond acceptors (Lipinski definition) is 3. The molecule has 0 saturated carbocycles. The Balaban J connectivity index is 2.72. The predicted molar refractivity (Wildman–Crippen MR) is 77.7 cm³/mol. The Morgan fingerprint density at radius 2 is 1.84 bits per heavy atom. The Kier molecular flexibility index (Phi) is 7.34. The van der Waals surface area contributed by atoms with E-state index in [1.165, 1.54) is 0 Å². The van der Waals surface area contributed by atoms with Gasteiger partial charge in [0.25, 0.3) is 0 Å². The van der Waals surface area contributed by atoms with Gasteiger partial charge in [-0.05, 0) is 24.5 Å². The maximum atomic E-state index is 9.34. The van der Waals surface area contributed by atoms with E-state index in [2.05, 4.69) is 20.8 Å². The fourth-order valence-corrected chi connectivity index (χ4v) is 1.84. The van der Waals surface area contributed by atoms with Crippen LogP contribution in [0, 0.1) is 5.92 Å². The molecule has 1 rings (SSSR count). The number of hydrogen-bond donors (Lipinski definition) is 1. The smallest absolute Gasteiger partial charge is 0.128 e. The van der Waals surface area contributed by atoms with Gasteiger partial charge >= 0.3 is 0 Å². The van der Waals surface area contributed by atoms with Crippen LogP contribution in [-0.2, 0) is 6.61 Å². The van der Waals surface area contributed by atoms with Crippen molar-refractivity contribution in [3.63, 3.8) is 0 Å². The van der Waals surface area contributed by atoms with E-state index in [-0.39, 0.29) is 6.61 Å². The molecule has 3 nitrogen and oxygen atoms in total. The summed E-state index contributed by atoms with van der Waals surface area (Å²) in [4.78, 5) is 0. The molecule has 0 unspecified atom stereocenters. The highest BCUT2D eigenvalue weighted by molar-refractivity contribution is 5.40. The zero-order valence-electron chi connectivity index (χ0n) is 12.3. The van der Waals surface area contributed by atoms with Gasteiger partial charge in [0.1, 0.15) is 11.5 Å². The summed E-state index contributed by atoms with van der Waals surface area (Å²) in [7, 11) is 0. The lowest BCUT2D eigenvalue weighted by Gasteiger charge is -2.16. The SMILES string of the molecule is CCCOc1ccc(CO)c(OCC(CC)CC)c1. The van der Waals surface area contributed by atoms with Gasteiger partial charge in [-0.15, -0.1) is 0 Å². The van der Waals surface area contributed by atoms with Crippen LogP contribution in [0.5, 0.6) is 11.5 Å². The van der Waals surface area contributed by atoms with E-state index in [9.17, 15) is 5.11 Å². The monoisotopic (exact) mass is 266 g/mol. The Morgan fingerprint density at radius 1 is 1.11 bits per heavy atom. The standard InChI is InChI=1S/C16H26O3/c1-4-9-18-15-8-7-14(11-17)16(10-15)19-12-13(5-2)6-3/h7-8,10,13,17H,4-6,9,11-12H2,1-3H3. The van der Waals surface area contributed by atoms with Crippen molar-refractivity contribution in [2.45, 2.75) is 46.6 Å². The molecule has 1 aromatic rings. The average Bonchev–Trinajstić information content (AvgIpc) is 2.46. The highest BCUT2D eigenvalue weighted by Gasteiger charge is 2.09. The van der Waals surface area contributed by atoms with E-state index in [0.29, 0.717) is 19.1 Å². The summed E-state index contributed by atoms with van der Waals surface area (Å²) in [6.45, 7) is 7.80. The number of aliphatic hydroxyl groups excluding tert-OH is 1. The summed E-state index contributed by atoms with van der Waals surface area (Å²) in [6.07, 6.45) is 3.19. The maximum Gasteiger partial charge on any atom is 0.128 e. The molecule has 0 fully saturated rings. The molecule has 1 aromatic carbocycles. The van der Waals surface area contributed by atoms with Crippen molar-refractivity contribution < 1.29 is 14.6 Å². The molecule has 0 aliphatic heterocycles. The lowest BCUT2D eigenvalue weighted by molar-refractivity contribution is 0.225. The van der Waals surface area contributed by atoms with E-state index in [4.69, 9.17) is 9.47 Å². The van der Waals surface area contributed by atoms with Crippen LogP contribution in [0.25, 0.3) is 0 Å². The Hall–Kier alpha value is -1.22. The second kappa shape index (κ2) is 8.81. The Morgan fingerprint density at radius 3 is 2.42 bits per heavy atom. The van der Waals surface area contributed by atoms with E-state index >= 15 is 0 Å². The van der Waals surface area contributed by atoms with Gasteiger partial charge in [0.15, 0.2) is 0 Å². The minimum Gasteiger partial charge on any atom is -0.493 e. The molecular weight excluding hydrogens is 240 g/mol. The first kappa shape index (κ1) is 15.8. The molecule has 1 N–H and O–H groups in total. The van der Waals surface area contributed by atoms with E-state index in [1.807, 2.05) is 18.2 Å². The van der Waals surface area contributed by atoms with Crippen LogP contribution in [-0.4, -0.2) is 18.3 Å². The van der Waals surface area contributed by atoms with Crippen molar-refractivity contribution in [1.29, 1.82) is 0 Å². The summed E-state index contributed by atoms with van der Waals surface area (Å²) in [5.74, 6) is 2.10. The number of ether oxygens (including phenoxy) is 2. The van der Waals surface area contributed by atoms with Crippen LogP contribution in [0.1, 0.15) is 45.6 Å². The molecule has 19 heavy (non-hydrogen) atoms. The van der Waals surface area contributed by atoms with Crippen molar-refractivity contribution in [2.75, 3.05) is 13.2 Å². The van der Waals surface area contributed by atoms with Gasteiger partial charge in [-0.1, -0.05) is 33.6 Å². The van der Waals surface area contributed by atoms with Crippen LogP contribution in [0.2, 0.25) is 0 Å². The fraction of sp³-hybridized carbons (Fsp3) is 0.625. The molecule has 0 atom stereocenters. The zero-order chi connectivity index (χ0) is 14.1. The minimum atomic E-state index is -0.00763. The van der Waals surface area contributed by atoms with E-state index < -0.39 is 0 Å². The molecule has 0 bridgehead atoms. The second-order valence-corrected chi connectivity index (χ2v) is 4.77. The highest BCUT2D eigenvalue weighted by atomic mass is 16.5. The molecule has 0 saturated heterocycles. The first-order chi connectivity index (χ1) is 9.24. The molecule has 0 spiro atoms. The molecule has 0 radical (unpaired) electrons. The minimum absolute atomic E-state index is 0.00763. The van der Waals surface area contributed by atoms with Gasteiger partial charge in [0.2, 0.25) is 0 Å². The molecule has 3 heteroatoms. The van der Waals surface area contributed by atoms with Crippen LogP contribution in [0.4, 0.5) is 0 Å². The van der Waals surface area contributed by atoms with Crippen molar-refractivity contribution in [2.24, 2.45) is 5.92 Å². The summed E-state index contributed by atoms with van der Waals surface area (Å²) in [6, 6.07) is 5.63. The van der Waals surface area contributed by atoms with Gasteiger partial charge in [0.05, 0.1) is 19.8 Å². The zero-order valence-corrected chi connectivity index (χ0v) is 12.3. The fourth-order valence-electron chi connectivity index (χ4n) is 1.84. The molecule has 0 amide bonds. The van der Waals surface area contributed by atoms with Crippen molar-refractivity contribution in [3.8, 4) is 11.5 Å². The largest absolute Gasteiger partial charge is 0.493 e. The van der Waals surface area contributed by atoms with Gasteiger partial charge in [0, 0.05) is 11.6 Å². The average molecular weight is 266 g/mol. The van der Waals surface area contributed by atoms with Gasteiger partial charge in [-0.25, -0.2) is 0 Å². The second-order valence-electron chi connectivity index (χ2n) is 4.77. The lowest BCUT2D eigenvalue weighted by Crippen LogP contribution is -2.11. The summed E-state index contributed by atoms with van der Waals surface area (Å²) >= 11 is 0. The predicted octanol–water partition coefficient (Wildman–Crippen LogP) is 3.78. The van der Waals surface area contributed by atoms with Crippen LogP contribution in [0.3, 0.4) is 0 Å². The van der Waals surface area contributed by atoms with Crippen LogP contribution in [0.15, 0.2) is 18.2 Å². The van der Waals surface area contributed by atoms with Gasteiger partial charge < -0.3 is 14.6 Å². The molecule has 0 heterocycles. The third-order valence-corrected chi connectivity index (χ3v) is 3.31. The van der Waals surface area contributed by atoms with Crippen molar-refractivity contribution in [3.05, 3.63) is 23.8 Å². The molecule has 0 aromatic heterocycles. The molecule has 0 aliphatic carbocycles. The van der Waals surface area contributed by atoms with Crippen LogP contribution >= 0.6 is 0 Å². The summed E-state index contributed by atoms with van der Waals surface area (Å²) < 4.78 is 11.4. The number of benzene rings is 1. The molecular formula is C16H26O3. The Bertz CT molecular complexity index is 359. The first-order valence-corrected chi connectivity index (χ1v) is 7.24. The van der Waals surface area contributed by atoms with Gasteiger partial charge in [-0.2, -0.15) is 0 Å². The van der Waals surface area contributed by atoms with E-state index in [0.717, 1.165) is 36.3 Å². The summed E-state index contributed by atoms with van der Waals surface area (Å²) in [5.41, 5.74) is 0.815. The topological polar surface area (TPSA) is 38.7 Å². The third-order valence-electron chi connectivity index (χ3n) is 3.31. The first-order valence-electron chi connectivity index (χ1n) is 7.24. The normalized spacial score (nSPS) is 10.8. The highest BCUT2D eigenvalue weighted by Crippen LogP contribution is 2.26. The van der Waals surface area contributed by atoms with E-state index in [1.54, 1.807) is 0 Å².